The Labute approximate surface area is 325 Å². The van der Waals surface area contributed by atoms with Gasteiger partial charge in [-0.2, -0.15) is 4.98 Å². The molecule has 0 radical (unpaired) electrons. The van der Waals surface area contributed by atoms with Crippen LogP contribution in [0, 0.1) is 17.8 Å². The van der Waals surface area contributed by atoms with Crippen LogP contribution < -0.4 is 24.8 Å². The van der Waals surface area contributed by atoms with E-state index in [1.807, 2.05) is 31.2 Å². The molecule has 7 unspecified atom stereocenters. The Kier molecular flexibility index (Phi) is 11.3. The molecule has 3 fully saturated rings. The summed E-state index contributed by atoms with van der Waals surface area (Å²) in [6, 6.07) is 6.46. The molecule has 2 saturated carbocycles. The second kappa shape index (κ2) is 15.4. The van der Waals surface area contributed by atoms with Gasteiger partial charge in [-0.25, -0.2) is 22.0 Å². The Morgan fingerprint density at radius 1 is 1.07 bits per heavy atom. The minimum atomic E-state index is -3.95. The lowest BCUT2D eigenvalue weighted by molar-refractivity contribution is -0.152. The molecule has 7 atom stereocenters. The molecule has 3 N–H and O–H groups in total. The molecule has 14 nitrogen and oxygen atoms in total. The maximum Gasteiger partial charge on any atom is 0.408 e. The number of carbonyl (C=O) groups is 4. The summed E-state index contributed by atoms with van der Waals surface area (Å²) in [7, 11) is -2.49. The van der Waals surface area contributed by atoms with Crippen LogP contribution in [-0.4, -0.2) is 96.3 Å². The molecule has 0 bridgehead atoms. The van der Waals surface area contributed by atoms with Crippen molar-refractivity contribution in [2.45, 2.75) is 120 Å². The zero-order chi connectivity index (χ0) is 40.8. The lowest BCUT2D eigenvalue weighted by Crippen LogP contribution is -2.59. The number of ether oxygens (including phenoxy) is 3. The molecule has 1 aromatic heterocycles. The largest absolute Gasteiger partial charge is 0.481 e. The molecule has 1 saturated heterocycles. The topological polar surface area (TPSA) is 182 Å². The van der Waals surface area contributed by atoms with E-state index in [9.17, 15) is 36.4 Å². The SMILES string of the molecule is COc1cc2ccccc2c(OC2CC3C(=O)NC4(C(=O)NS(=O)(=O)C5CC5)CC4C=CCCC(C)CC(C)C(NC(=O)OC(C)(C)C(C)(F)F)C(=O)N3C2)n1. The number of sulfonamides is 1. The molecule has 6 rings (SSSR count). The Balaban J connectivity index is 1.36. The van der Waals surface area contributed by atoms with Crippen molar-refractivity contribution in [1.29, 1.82) is 0 Å². The summed E-state index contributed by atoms with van der Waals surface area (Å²) in [5.41, 5.74) is -3.81. The van der Waals surface area contributed by atoms with Crippen molar-refractivity contribution in [3.05, 3.63) is 42.5 Å². The Hall–Kier alpha value is -4.54. The van der Waals surface area contributed by atoms with Crippen molar-refractivity contribution >= 4 is 44.6 Å². The van der Waals surface area contributed by atoms with Crippen LogP contribution in [0.1, 0.15) is 79.6 Å². The lowest BCUT2D eigenvalue weighted by Gasteiger charge is -2.35. The maximum absolute atomic E-state index is 14.8. The molecular formula is C39H51F2N5O9S. The Bertz CT molecular complexity index is 2000. The summed E-state index contributed by atoms with van der Waals surface area (Å²) in [6.45, 7) is 6.34. The van der Waals surface area contributed by atoms with Crippen molar-refractivity contribution in [2.75, 3.05) is 13.7 Å². The fourth-order valence-corrected chi connectivity index (χ4v) is 8.83. The van der Waals surface area contributed by atoms with Crippen LogP contribution in [0.5, 0.6) is 11.8 Å². The highest BCUT2D eigenvalue weighted by Gasteiger charge is 2.62. The quantitative estimate of drug-likeness (QED) is 0.303. The van der Waals surface area contributed by atoms with E-state index >= 15 is 0 Å². The van der Waals surface area contributed by atoms with Crippen LogP contribution in [0.2, 0.25) is 0 Å². The molecule has 4 amide bonds. The van der Waals surface area contributed by atoms with Gasteiger partial charge in [0.15, 0.2) is 5.60 Å². The smallest absolute Gasteiger partial charge is 0.408 e. The van der Waals surface area contributed by atoms with Crippen molar-refractivity contribution in [1.82, 2.24) is 25.2 Å². The van der Waals surface area contributed by atoms with Gasteiger partial charge in [0.2, 0.25) is 33.6 Å². The number of aromatic nitrogens is 1. The van der Waals surface area contributed by atoms with Gasteiger partial charge in [0, 0.05) is 30.7 Å². The summed E-state index contributed by atoms with van der Waals surface area (Å²) in [5, 5.41) is 6.10. The summed E-state index contributed by atoms with van der Waals surface area (Å²) >= 11 is 0. The van der Waals surface area contributed by atoms with Gasteiger partial charge in [0.25, 0.3) is 11.8 Å². The number of halogens is 2. The summed E-state index contributed by atoms with van der Waals surface area (Å²) < 4.78 is 73.6. The van der Waals surface area contributed by atoms with E-state index < -0.39 is 86.2 Å². The number of methoxy groups -OCH3 is 1. The lowest BCUT2D eigenvalue weighted by atomic mass is 9.88. The van der Waals surface area contributed by atoms with Crippen molar-refractivity contribution < 1.29 is 50.6 Å². The molecule has 2 aliphatic heterocycles. The van der Waals surface area contributed by atoms with E-state index in [2.05, 4.69) is 20.3 Å². The maximum atomic E-state index is 14.8. The van der Waals surface area contributed by atoms with Crippen LogP contribution >= 0.6 is 0 Å². The van der Waals surface area contributed by atoms with Gasteiger partial charge in [-0.1, -0.05) is 44.2 Å². The van der Waals surface area contributed by atoms with E-state index in [4.69, 9.17) is 14.2 Å². The molecule has 17 heteroatoms. The average Bonchev–Trinajstić information content (AvgIpc) is 4.04. The van der Waals surface area contributed by atoms with Gasteiger partial charge in [0.05, 0.1) is 18.9 Å². The Morgan fingerprint density at radius 3 is 2.46 bits per heavy atom. The third-order valence-electron chi connectivity index (χ3n) is 11.5. The fraction of sp³-hybridized carbons (Fsp3) is 0.615. The van der Waals surface area contributed by atoms with E-state index in [1.165, 1.54) is 12.0 Å². The molecule has 2 aliphatic carbocycles. The van der Waals surface area contributed by atoms with Gasteiger partial charge in [0.1, 0.15) is 23.7 Å². The number of rotatable bonds is 9. The second-order valence-electron chi connectivity index (χ2n) is 16.4. The first-order chi connectivity index (χ1) is 26.2. The minimum Gasteiger partial charge on any atom is -0.481 e. The second-order valence-corrected chi connectivity index (χ2v) is 18.3. The van der Waals surface area contributed by atoms with Gasteiger partial charge >= 0.3 is 6.09 Å². The van der Waals surface area contributed by atoms with E-state index in [0.29, 0.717) is 44.4 Å². The highest BCUT2D eigenvalue weighted by atomic mass is 32.2. The molecular weight excluding hydrogens is 753 g/mol. The minimum absolute atomic E-state index is 0.0258. The number of carbonyl (C=O) groups excluding carboxylic acids is 4. The molecule has 306 valence electrons. The van der Waals surface area contributed by atoms with Gasteiger partial charge in [-0.15, -0.1) is 0 Å². The van der Waals surface area contributed by atoms with Gasteiger partial charge in [-0.3, -0.25) is 19.1 Å². The number of pyridine rings is 1. The normalized spacial score (nSPS) is 28.9. The van der Waals surface area contributed by atoms with Gasteiger partial charge in [-0.05, 0) is 75.7 Å². The molecule has 0 spiro atoms. The predicted molar refractivity (Wildman–Crippen MR) is 201 cm³/mol. The molecule has 3 heterocycles. The zero-order valence-electron chi connectivity index (χ0n) is 32.5. The van der Waals surface area contributed by atoms with Crippen molar-refractivity contribution in [3.63, 3.8) is 0 Å². The number of hydrogen-bond donors (Lipinski definition) is 3. The van der Waals surface area contributed by atoms with Gasteiger partial charge < -0.3 is 29.7 Å². The van der Waals surface area contributed by atoms with E-state index in [0.717, 1.165) is 19.2 Å². The number of allylic oxidation sites excluding steroid dienone is 1. The standard InChI is InChI=1S/C39H51F2N5O9S/c1-22-11-7-9-13-25-20-39(25,35(49)45-56(51,52)27-15-16-27)44-32(47)29-19-26(54-33-28-14-10-8-12-24(28)18-30(42-33)53-6)21-46(29)34(48)31(23(2)17-22)43-36(50)55-37(3,4)38(5,40)41/h8-10,12-14,18,22-23,25-27,29,31H,7,11,15-17,19-21H2,1-6H3,(H,43,50)(H,44,47)(H,45,49). The van der Waals surface area contributed by atoms with E-state index in [-0.39, 0.29) is 37.1 Å². The first-order valence-corrected chi connectivity index (χ1v) is 20.6. The van der Waals surface area contributed by atoms with Crippen molar-refractivity contribution in [3.8, 4) is 11.8 Å². The monoisotopic (exact) mass is 803 g/mol. The molecule has 1 aromatic carbocycles. The number of hydrogen-bond acceptors (Lipinski definition) is 10. The third-order valence-corrected chi connectivity index (χ3v) is 13.3. The van der Waals surface area contributed by atoms with Crippen LogP contribution in [0.15, 0.2) is 42.5 Å². The third kappa shape index (κ3) is 8.71. The summed E-state index contributed by atoms with van der Waals surface area (Å²) in [6.07, 6.45) is 4.28. The van der Waals surface area contributed by atoms with Crippen molar-refractivity contribution in [2.24, 2.45) is 17.8 Å². The summed E-state index contributed by atoms with van der Waals surface area (Å²) in [5.74, 6) is -6.24. The highest BCUT2D eigenvalue weighted by Crippen LogP contribution is 2.46. The highest BCUT2D eigenvalue weighted by molar-refractivity contribution is 7.91. The number of nitrogens with zero attached hydrogens (tertiary/aromatic N) is 2. The molecule has 2 aromatic rings. The molecule has 4 aliphatic rings. The number of benzene rings is 1. The van der Waals surface area contributed by atoms with Crippen LogP contribution in [0.25, 0.3) is 10.8 Å². The fourth-order valence-electron chi connectivity index (χ4n) is 7.47. The Morgan fingerprint density at radius 2 is 1.79 bits per heavy atom. The number of fused-ring (bicyclic) bond motifs is 3. The zero-order valence-corrected chi connectivity index (χ0v) is 33.3. The number of alkyl halides is 2. The number of nitrogens with one attached hydrogen (secondary N) is 3. The van der Waals surface area contributed by atoms with Crippen LogP contribution in [0.4, 0.5) is 13.6 Å². The summed E-state index contributed by atoms with van der Waals surface area (Å²) in [4.78, 5) is 62.0. The van der Waals surface area contributed by atoms with E-state index in [1.54, 1.807) is 25.1 Å². The number of amides is 4. The average molecular weight is 804 g/mol. The molecule has 56 heavy (non-hydrogen) atoms. The predicted octanol–water partition coefficient (Wildman–Crippen LogP) is 4.62. The first-order valence-electron chi connectivity index (χ1n) is 19.1. The van der Waals surface area contributed by atoms with Crippen LogP contribution in [0.3, 0.4) is 0 Å². The first kappa shape index (κ1) is 41.1. The van der Waals surface area contributed by atoms with Crippen LogP contribution in [-0.2, 0) is 29.1 Å². The number of alkyl carbamates (subject to hydrolysis) is 1.